The largest absolute Gasteiger partial charge is 0.376 e. The fraction of sp³-hybridized carbons (Fsp3) is 0.571. The average molecular weight is 422 g/mol. The van der Waals surface area contributed by atoms with Gasteiger partial charge in [-0.3, -0.25) is 14.9 Å². The highest BCUT2D eigenvalue weighted by Crippen LogP contribution is 2.53. The van der Waals surface area contributed by atoms with E-state index in [0.29, 0.717) is 23.6 Å². The number of ether oxygens (including phenoxy) is 1. The first-order valence-electron chi connectivity index (χ1n) is 10.9. The number of hydrogen-bond donors (Lipinski definition) is 3. The number of H-pyrrole nitrogens is 2. The van der Waals surface area contributed by atoms with Crippen molar-refractivity contribution in [2.45, 2.75) is 50.2 Å². The summed E-state index contributed by atoms with van der Waals surface area (Å²) >= 11 is 0. The molecule has 6 rings (SSSR count). The van der Waals surface area contributed by atoms with Crippen LogP contribution in [0.25, 0.3) is 11.0 Å². The third-order valence-electron chi connectivity index (χ3n) is 7.60. The number of hydrogen-bond acceptors (Lipinski definition) is 8. The van der Waals surface area contributed by atoms with Crippen molar-refractivity contribution in [2.75, 3.05) is 24.6 Å². The normalized spacial score (nSPS) is 26.6. The molecule has 0 radical (unpaired) electrons. The minimum Gasteiger partial charge on any atom is -0.376 e. The number of rotatable bonds is 3. The molecule has 3 aromatic rings. The summed E-state index contributed by atoms with van der Waals surface area (Å²) in [4.78, 5) is 31.4. The van der Waals surface area contributed by atoms with E-state index in [0.717, 1.165) is 50.2 Å². The Balaban J connectivity index is 1.30. The predicted octanol–water partition coefficient (Wildman–Crippen LogP) is 0.849. The molecule has 4 N–H and O–H groups in total. The molecule has 0 unspecified atom stereocenters. The highest BCUT2D eigenvalue weighted by Gasteiger charge is 2.51. The molecule has 1 spiro atoms. The summed E-state index contributed by atoms with van der Waals surface area (Å²) in [6, 6.07) is 1.95. The molecule has 2 saturated heterocycles. The number of anilines is 1. The number of aromatic amines is 2. The predicted molar refractivity (Wildman–Crippen MR) is 114 cm³/mol. The van der Waals surface area contributed by atoms with Gasteiger partial charge >= 0.3 is 0 Å². The molecule has 1 saturated carbocycles. The zero-order valence-corrected chi connectivity index (χ0v) is 17.5. The van der Waals surface area contributed by atoms with Crippen molar-refractivity contribution in [3.8, 4) is 0 Å². The van der Waals surface area contributed by atoms with E-state index in [-0.39, 0.29) is 28.5 Å². The van der Waals surface area contributed by atoms with Crippen molar-refractivity contribution in [3.05, 3.63) is 40.3 Å². The fourth-order valence-corrected chi connectivity index (χ4v) is 5.37. The molecule has 3 fully saturated rings. The number of piperidine rings is 1. The number of fused-ring (bicyclic) bond motifs is 1. The second-order valence-corrected chi connectivity index (χ2v) is 9.25. The van der Waals surface area contributed by atoms with E-state index in [9.17, 15) is 4.79 Å². The summed E-state index contributed by atoms with van der Waals surface area (Å²) in [7, 11) is 0. The summed E-state index contributed by atoms with van der Waals surface area (Å²) in [5, 5.41) is 8.03. The van der Waals surface area contributed by atoms with E-state index in [1.807, 2.05) is 13.0 Å². The molecule has 0 bridgehead atoms. The molecular weight excluding hydrogens is 396 g/mol. The van der Waals surface area contributed by atoms with E-state index in [4.69, 9.17) is 15.5 Å². The number of nitrogens with one attached hydrogen (secondary N) is 2. The van der Waals surface area contributed by atoms with Crippen LogP contribution in [0.15, 0.2) is 23.4 Å². The van der Waals surface area contributed by atoms with E-state index in [1.165, 1.54) is 6.33 Å². The summed E-state index contributed by atoms with van der Waals surface area (Å²) in [6.45, 7) is 4.32. The Bertz CT molecular complexity index is 1180. The Hall–Kier alpha value is -2.85. The van der Waals surface area contributed by atoms with Crippen molar-refractivity contribution in [1.82, 2.24) is 30.1 Å². The van der Waals surface area contributed by atoms with Gasteiger partial charge in [-0.2, -0.15) is 10.1 Å². The highest BCUT2D eigenvalue weighted by atomic mass is 16.5. The molecule has 10 heteroatoms. The van der Waals surface area contributed by atoms with Crippen LogP contribution < -0.4 is 16.2 Å². The van der Waals surface area contributed by atoms with E-state index >= 15 is 0 Å². The molecule has 5 heterocycles. The number of nitrogens with two attached hydrogens (primary N) is 1. The zero-order chi connectivity index (χ0) is 21.2. The lowest BCUT2D eigenvalue weighted by Gasteiger charge is -2.41. The Kier molecular flexibility index (Phi) is 4.00. The summed E-state index contributed by atoms with van der Waals surface area (Å²) in [5.41, 5.74) is 8.09. The van der Waals surface area contributed by atoms with Gasteiger partial charge in [0.15, 0.2) is 5.65 Å². The van der Waals surface area contributed by atoms with E-state index < -0.39 is 0 Å². The van der Waals surface area contributed by atoms with Crippen molar-refractivity contribution in [2.24, 2.45) is 11.1 Å². The molecule has 10 nitrogen and oxygen atoms in total. The average Bonchev–Trinajstić information content (AvgIpc) is 3.42. The van der Waals surface area contributed by atoms with Gasteiger partial charge in [-0.1, -0.05) is 0 Å². The van der Waals surface area contributed by atoms with Crippen LogP contribution in [0.2, 0.25) is 0 Å². The van der Waals surface area contributed by atoms with Crippen LogP contribution in [0.4, 0.5) is 5.95 Å². The van der Waals surface area contributed by atoms with Crippen molar-refractivity contribution in [1.29, 1.82) is 0 Å². The van der Waals surface area contributed by atoms with Gasteiger partial charge in [0, 0.05) is 30.7 Å². The van der Waals surface area contributed by atoms with Gasteiger partial charge < -0.3 is 15.4 Å². The lowest BCUT2D eigenvalue weighted by atomic mass is 9.73. The number of aromatic nitrogens is 6. The van der Waals surface area contributed by atoms with Crippen LogP contribution >= 0.6 is 0 Å². The van der Waals surface area contributed by atoms with Gasteiger partial charge in [0.05, 0.1) is 29.5 Å². The first-order chi connectivity index (χ1) is 15.0. The standard InChI is InChI=1S/C21H26N8O2/c1-12-15(22)20(10-31-12)5-8-29(9-6-20)19-25-17-14(18(30)26-19)16(27-28-17)21(3-4-21)13-2-7-23-11-24-13/h2,7,11-12,15H,3-6,8-10,22H2,1H3,(H2,25,26,27,28,30)/t12-,15+/m0/s1. The molecule has 162 valence electrons. The van der Waals surface area contributed by atoms with Crippen LogP contribution in [0.3, 0.4) is 0 Å². The van der Waals surface area contributed by atoms with Gasteiger partial charge in [0.2, 0.25) is 5.95 Å². The Morgan fingerprint density at radius 1 is 1.26 bits per heavy atom. The molecule has 0 aromatic carbocycles. The summed E-state index contributed by atoms with van der Waals surface area (Å²) in [6.07, 6.45) is 7.00. The van der Waals surface area contributed by atoms with Gasteiger partial charge in [0.1, 0.15) is 11.7 Å². The molecule has 3 aromatic heterocycles. The van der Waals surface area contributed by atoms with Crippen LogP contribution in [0.1, 0.15) is 44.0 Å². The van der Waals surface area contributed by atoms with E-state index in [1.54, 1.807) is 6.20 Å². The molecule has 1 aliphatic carbocycles. The third kappa shape index (κ3) is 2.74. The minimum atomic E-state index is -0.329. The van der Waals surface area contributed by atoms with Gasteiger partial charge in [-0.15, -0.1) is 0 Å². The maximum Gasteiger partial charge on any atom is 0.263 e. The first-order valence-corrected chi connectivity index (χ1v) is 10.9. The summed E-state index contributed by atoms with van der Waals surface area (Å²) in [5.74, 6) is 0.579. The molecule has 3 aliphatic rings. The third-order valence-corrected chi connectivity index (χ3v) is 7.60. The Labute approximate surface area is 178 Å². The van der Waals surface area contributed by atoms with Crippen molar-refractivity contribution >= 4 is 17.0 Å². The van der Waals surface area contributed by atoms with Gasteiger partial charge in [-0.05, 0) is 38.7 Å². The zero-order valence-electron chi connectivity index (χ0n) is 17.5. The molecule has 31 heavy (non-hydrogen) atoms. The van der Waals surface area contributed by atoms with Gasteiger partial charge in [0.25, 0.3) is 5.56 Å². The molecule has 2 atom stereocenters. The number of nitrogens with zero attached hydrogens (tertiary/aromatic N) is 5. The monoisotopic (exact) mass is 422 g/mol. The quantitative estimate of drug-likeness (QED) is 0.565. The molecule has 2 aliphatic heterocycles. The fourth-order valence-electron chi connectivity index (χ4n) is 5.37. The van der Waals surface area contributed by atoms with Crippen LogP contribution in [0.5, 0.6) is 0 Å². The minimum absolute atomic E-state index is 0.0252. The maximum atomic E-state index is 13.1. The first kappa shape index (κ1) is 18.9. The van der Waals surface area contributed by atoms with Crippen LogP contribution in [-0.2, 0) is 10.2 Å². The summed E-state index contributed by atoms with van der Waals surface area (Å²) < 4.78 is 5.81. The SMILES string of the molecule is C[C@@H]1OCC2(CCN(c3nc4[nH]nc(C5(c6ccncn6)CC5)c4c(=O)[nH]3)CC2)[C@@H]1N. The lowest BCUT2D eigenvalue weighted by molar-refractivity contribution is 0.0973. The van der Waals surface area contributed by atoms with Gasteiger partial charge in [-0.25, -0.2) is 9.97 Å². The van der Waals surface area contributed by atoms with Crippen molar-refractivity contribution in [3.63, 3.8) is 0 Å². The second kappa shape index (κ2) is 6.57. The Morgan fingerprint density at radius 2 is 2.06 bits per heavy atom. The molecular formula is C21H26N8O2. The maximum absolute atomic E-state index is 13.1. The van der Waals surface area contributed by atoms with Crippen molar-refractivity contribution < 1.29 is 4.74 Å². The topological polar surface area (TPSA) is 139 Å². The molecule has 0 amide bonds. The second-order valence-electron chi connectivity index (χ2n) is 9.25. The van der Waals surface area contributed by atoms with E-state index in [2.05, 4.69) is 30.0 Å². The van der Waals surface area contributed by atoms with Crippen LogP contribution in [-0.4, -0.2) is 62.0 Å². The van der Waals surface area contributed by atoms with Crippen LogP contribution in [0, 0.1) is 5.41 Å². The lowest BCUT2D eigenvalue weighted by Crippen LogP contribution is -2.51. The highest BCUT2D eigenvalue weighted by molar-refractivity contribution is 5.80. The smallest absolute Gasteiger partial charge is 0.263 e. The Morgan fingerprint density at radius 3 is 2.71 bits per heavy atom.